The Bertz CT molecular complexity index is 519. The molecular weight excluding hydrogens is 258 g/mol. The molecule has 1 aromatic rings. The molecule has 20 heavy (non-hydrogen) atoms. The van der Waals surface area contributed by atoms with Crippen LogP contribution in [0.3, 0.4) is 0 Å². The van der Waals surface area contributed by atoms with Crippen molar-refractivity contribution < 1.29 is 19.1 Å². The molecule has 0 bridgehead atoms. The van der Waals surface area contributed by atoms with Crippen molar-refractivity contribution in [1.82, 2.24) is 5.32 Å². The summed E-state index contributed by atoms with van der Waals surface area (Å²) < 4.78 is 10.6. The fourth-order valence-corrected chi connectivity index (χ4v) is 2.03. The molecule has 0 saturated carbocycles. The van der Waals surface area contributed by atoms with Gasteiger partial charge >= 0.3 is 6.09 Å². The number of carbonyl (C=O) groups is 2. The van der Waals surface area contributed by atoms with Crippen molar-refractivity contribution in [3.8, 4) is 5.75 Å². The van der Waals surface area contributed by atoms with Crippen LogP contribution in [0.2, 0.25) is 0 Å². The van der Waals surface area contributed by atoms with Gasteiger partial charge in [-0.05, 0) is 44.0 Å². The maximum Gasteiger partial charge on any atom is 0.408 e. The van der Waals surface area contributed by atoms with Crippen molar-refractivity contribution in [2.24, 2.45) is 0 Å². The predicted octanol–water partition coefficient (Wildman–Crippen LogP) is 2.39. The highest BCUT2D eigenvalue weighted by Gasteiger charge is 2.21. The van der Waals surface area contributed by atoms with E-state index >= 15 is 0 Å². The van der Waals surface area contributed by atoms with Crippen molar-refractivity contribution in [3.05, 3.63) is 29.3 Å². The topological polar surface area (TPSA) is 64.6 Å². The molecule has 0 spiro atoms. The Morgan fingerprint density at radius 1 is 1.45 bits per heavy atom. The van der Waals surface area contributed by atoms with E-state index in [1.807, 2.05) is 12.1 Å². The van der Waals surface area contributed by atoms with Gasteiger partial charge in [-0.15, -0.1) is 0 Å². The first-order chi connectivity index (χ1) is 9.39. The molecule has 1 aliphatic rings. The average molecular weight is 277 g/mol. The third-order valence-electron chi connectivity index (χ3n) is 2.88. The molecule has 5 nitrogen and oxygen atoms in total. The van der Waals surface area contributed by atoms with E-state index in [1.165, 1.54) is 0 Å². The van der Waals surface area contributed by atoms with Crippen LogP contribution in [0, 0.1) is 0 Å². The number of alkyl carbamates (subject to hydrolysis) is 1. The summed E-state index contributed by atoms with van der Waals surface area (Å²) >= 11 is 0. The standard InChI is InChI=1S/C15H19NO4/c1-15(2,3)20-14(18)16-12(9-17)10-4-5-13-11(8-10)6-7-19-13/h4-5,8-9,12H,6-7H2,1-3H3,(H,16,18). The Balaban J connectivity index is 2.09. The van der Waals surface area contributed by atoms with Gasteiger partial charge in [-0.25, -0.2) is 4.79 Å². The van der Waals surface area contributed by atoms with Crippen LogP contribution in [-0.4, -0.2) is 24.6 Å². The van der Waals surface area contributed by atoms with Crippen LogP contribution in [0.1, 0.15) is 37.9 Å². The van der Waals surface area contributed by atoms with Crippen molar-refractivity contribution in [1.29, 1.82) is 0 Å². The second-order valence-electron chi connectivity index (χ2n) is 5.73. The summed E-state index contributed by atoms with van der Waals surface area (Å²) in [7, 11) is 0. The molecule has 1 unspecified atom stereocenters. The first kappa shape index (κ1) is 14.4. The molecule has 2 rings (SSSR count). The van der Waals surface area contributed by atoms with Crippen molar-refractivity contribution in [3.63, 3.8) is 0 Å². The monoisotopic (exact) mass is 277 g/mol. The van der Waals surface area contributed by atoms with Crippen LogP contribution in [0.5, 0.6) is 5.75 Å². The summed E-state index contributed by atoms with van der Waals surface area (Å²) in [5.74, 6) is 0.843. The summed E-state index contributed by atoms with van der Waals surface area (Å²) in [5, 5.41) is 2.56. The van der Waals surface area contributed by atoms with E-state index in [0.29, 0.717) is 12.9 Å². The SMILES string of the molecule is CC(C)(C)OC(=O)NC(C=O)c1ccc2c(c1)CCO2. The van der Waals surface area contributed by atoms with Crippen LogP contribution >= 0.6 is 0 Å². The largest absolute Gasteiger partial charge is 0.493 e. The molecule has 1 heterocycles. The lowest BCUT2D eigenvalue weighted by molar-refractivity contribution is -0.109. The Hall–Kier alpha value is -2.04. The summed E-state index contributed by atoms with van der Waals surface area (Å²) in [5.41, 5.74) is 1.19. The van der Waals surface area contributed by atoms with Crippen LogP contribution in [0.4, 0.5) is 4.79 Å². The number of carbonyl (C=O) groups excluding carboxylic acids is 2. The van der Waals surface area contributed by atoms with Crippen LogP contribution in [0.25, 0.3) is 0 Å². The lowest BCUT2D eigenvalue weighted by Crippen LogP contribution is -2.35. The summed E-state index contributed by atoms with van der Waals surface area (Å²) in [6.07, 6.45) is 0.911. The van der Waals surface area contributed by atoms with Crippen LogP contribution in [-0.2, 0) is 16.0 Å². The molecule has 1 N–H and O–H groups in total. The highest BCUT2D eigenvalue weighted by atomic mass is 16.6. The molecule has 108 valence electrons. The molecule has 0 radical (unpaired) electrons. The summed E-state index contributed by atoms with van der Waals surface area (Å²) in [6, 6.07) is 4.78. The number of ether oxygens (including phenoxy) is 2. The van der Waals surface area contributed by atoms with Gasteiger partial charge in [0.05, 0.1) is 6.61 Å². The van der Waals surface area contributed by atoms with E-state index in [-0.39, 0.29) is 0 Å². The number of amides is 1. The zero-order valence-corrected chi connectivity index (χ0v) is 11.9. The molecule has 1 amide bonds. The number of fused-ring (bicyclic) bond motifs is 1. The number of rotatable bonds is 3. The Morgan fingerprint density at radius 3 is 2.85 bits per heavy atom. The molecule has 0 saturated heterocycles. The van der Waals surface area contributed by atoms with E-state index in [4.69, 9.17) is 9.47 Å². The van der Waals surface area contributed by atoms with Crippen LogP contribution < -0.4 is 10.1 Å². The molecule has 0 aromatic heterocycles. The van der Waals surface area contributed by atoms with Gasteiger partial charge in [0.1, 0.15) is 23.7 Å². The van der Waals surface area contributed by atoms with Gasteiger partial charge < -0.3 is 19.6 Å². The summed E-state index contributed by atoms with van der Waals surface area (Å²) in [6.45, 7) is 5.98. The number of nitrogens with one attached hydrogen (secondary N) is 1. The van der Waals surface area contributed by atoms with E-state index in [1.54, 1.807) is 26.8 Å². The lowest BCUT2D eigenvalue weighted by atomic mass is 10.0. The smallest absolute Gasteiger partial charge is 0.408 e. The molecule has 0 aliphatic carbocycles. The highest BCUT2D eigenvalue weighted by molar-refractivity contribution is 5.74. The predicted molar refractivity (Wildman–Crippen MR) is 73.8 cm³/mol. The van der Waals surface area contributed by atoms with Crippen LogP contribution in [0.15, 0.2) is 18.2 Å². The maximum atomic E-state index is 11.7. The Morgan fingerprint density at radius 2 is 2.20 bits per heavy atom. The average Bonchev–Trinajstić information content (AvgIpc) is 2.80. The van der Waals surface area contributed by atoms with E-state index < -0.39 is 17.7 Å². The van der Waals surface area contributed by atoms with E-state index in [2.05, 4.69) is 5.32 Å². The molecule has 0 fully saturated rings. The Labute approximate surface area is 118 Å². The van der Waals surface area contributed by atoms with Gasteiger partial charge in [-0.3, -0.25) is 0 Å². The van der Waals surface area contributed by atoms with Gasteiger partial charge in [0.15, 0.2) is 0 Å². The highest BCUT2D eigenvalue weighted by Crippen LogP contribution is 2.27. The quantitative estimate of drug-likeness (QED) is 0.862. The van der Waals surface area contributed by atoms with Gasteiger partial charge in [0.25, 0.3) is 0 Å². The minimum atomic E-state index is -0.712. The first-order valence-electron chi connectivity index (χ1n) is 6.59. The number of hydrogen-bond donors (Lipinski definition) is 1. The normalized spacial score (nSPS) is 14.9. The Kier molecular flexibility index (Phi) is 3.97. The fourth-order valence-electron chi connectivity index (χ4n) is 2.03. The summed E-state index contributed by atoms with van der Waals surface area (Å²) in [4.78, 5) is 22.9. The van der Waals surface area contributed by atoms with Crippen molar-refractivity contribution in [2.75, 3.05) is 6.61 Å². The van der Waals surface area contributed by atoms with Gasteiger partial charge in [-0.1, -0.05) is 6.07 Å². The second kappa shape index (κ2) is 5.53. The molecule has 1 aromatic carbocycles. The van der Waals surface area contributed by atoms with Crippen molar-refractivity contribution >= 4 is 12.4 Å². The fraction of sp³-hybridized carbons (Fsp3) is 0.467. The number of benzene rings is 1. The maximum absolute atomic E-state index is 11.7. The molecule has 1 aliphatic heterocycles. The molecular formula is C15H19NO4. The van der Waals surface area contributed by atoms with Gasteiger partial charge in [0, 0.05) is 6.42 Å². The zero-order chi connectivity index (χ0) is 14.8. The zero-order valence-electron chi connectivity index (χ0n) is 11.9. The van der Waals surface area contributed by atoms with Gasteiger partial charge in [0.2, 0.25) is 0 Å². The lowest BCUT2D eigenvalue weighted by Gasteiger charge is -2.21. The van der Waals surface area contributed by atoms with Gasteiger partial charge in [-0.2, -0.15) is 0 Å². The van der Waals surface area contributed by atoms with E-state index in [0.717, 1.165) is 23.3 Å². The second-order valence-corrected chi connectivity index (χ2v) is 5.73. The van der Waals surface area contributed by atoms with Crippen molar-refractivity contribution in [2.45, 2.75) is 38.8 Å². The third-order valence-corrected chi connectivity index (χ3v) is 2.88. The molecule has 1 atom stereocenters. The number of hydrogen-bond acceptors (Lipinski definition) is 4. The minimum absolute atomic E-state index is 0.594. The minimum Gasteiger partial charge on any atom is -0.493 e. The molecule has 5 heteroatoms. The number of aldehydes is 1. The third kappa shape index (κ3) is 3.50. The van der Waals surface area contributed by atoms with E-state index in [9.17, 15) is 9.59 Å². The first-order valence-corrected chi connectivity index (χ1v) is 6.59.